The van der Waals surface area contributed by atoms with Crippen molar-refractivity contribution in [2.45, 2.75) is 40.2 Å². The number of amides is 4. The first kappa shape index (κ1) is 38.6. The number of hydrogen-bond donors (Lipinski definition) is 4. The molecule has 2 aromatic rings. The molecule has 0 aliphatic carbocycles. The maximum Gasteiger partial charge on any atom is 0.338 e. The van der Waals surface area contributed by atoms with E-state index >= 15 is 0 Å². The number of rotatable bonds is 9. The lowest BCUT2D eigenvalue weighted by Gasteiger charge is -2.28. The number of benzene rings is 2. The zero-order valence-corrected chi connectivity index (χ0v) is 25.6. The van der Waals surface area contributed by atoms with Crippen molar-refractivity contribution < 1.29 is 47.7 Å². The molecular formula is C30H40N4O10. The number of allylic oxidation sites excluding steroid dienone is 1. The van der Waals surface area contributed by atoms with Crippen LogP contribution < -0.4 is 31.6 Å². The van der Waals surface area contributed by atoms with Crippen LogP contribution in [-0.4, -0.2) is 63.5 Å². The molecule has 1 aliphatic heterocycles. The molecule has 0 fully saturated rings. The monoisotopic (exact) mass is 616 g/mol. The zero-order valence-electron chi connectivity index (χ0n) is 25.6. The number of esters is 2. The first-order valence-corrected chi connectivity index (χ1v) is 13.2. The summed E-state index contributed by atoms with van der Waals surface area (Å²) >= 11 is 0. The quantitative estimate of drug-likeness (QED) is 0.183. The normalized spacial score (nSPS) is 12.9. The number of nitrogens with two attached hydrogens (primary N) is 2. The molecule has 0 saturated heterocycles. The van der Waals surface area contributed by atoms with E-state index in [1.165, 1.54) is 6.92 Å². The topological polar surface area (TPSA) is 215 Å². The molecule has 14 heteroatoms. The Morgan fingerprint density at radius 3 is 1.75 bits per heavy atom. The minimum Gasteiger partial charge on any atom is -0.497 e. The molecule has 1 aliphatic rings. The van der Waals surface area contributed by atoms with E-state index < -0.39 is 24.0 Å². The summed E-state index contributed by atoms with van der Waals surface area (Å²) in [7, 11) is 3.17. The molecule has 44 heavy (non-hydrogen) atoms. The highest BCUT2D eigenvalue weighted by Gasteiger charge is 2.32. The predicted molar refractivity (Wildman–Crippen MR) is 161 cm³/mol. The average Bonchev–Trinajstić information content (AvgIpc) is 2.97. The lowest BCUT2D eigenvalue weighted by Crippen LogP contribution is -2.45. The van der Waals surface area contributed by atoms with Crippen molar-refractivity contribution in [3.8, 4) is 11.5 Å². The van der Waals surface area contributed by atoms with Crippen molar-refractivity contribution in [2.24, 2.45) is 11.5 Å². The van der Waals surface area contributed by atoms with Gasteiger partial charge in [0.15, 0.2) is 0 Å². The molecule has 240 valence electrons. The molecule has 1 heterocycles. The first-order chi connectivity index (χ1) is 20.8. The van der Waals surface area contributed by atoms with Gasteiger partial charge in [-0.1, -0.05) is 12.1 Å². The number of hydrogen-bond acceptors (Lipinski definition) is 10. The average molecular weight is 617 g/mol. The van der Waals surface area contributed by atoms with Crippen molar-refractivity contribution >= 4 is 36.1 Å². The largest absolute Gasteiger partial charge is 0.497 e. The second-order valence-electron chi connectivity index (χ2n) is 8.54. The van der Waals surface area contributed by atoms with Gasteiger partial charge in [0.1, 0.15) is 30.0 Å². The third-order valence-electron chi connectivity index (χ3n) is 5.16. The van der Waals surface area contributed by atoms with Gasteiger partial charge in [-0.15, -0.1) is 0 Å². The van der Waals surface area contributed by atoms with Crippen LogP contribution in [0.3, 0.4) is 0 Å². The van der Waals surface area contributed by atoms with Gasteiger partial charge in [0.2, 0.25) is 0 Å². The smallest absolute Gasteiger partial charge is 0.338 e. The Morgan fingerprint density at radius 1 is 0.864 bits per heavy atom. The summed E-state index contributed by atoms with van der Waals surface area (Å²) in [6.07, 6.45) is 0.702. The van der Waals surface area contributed by atoms with Gasteiger partial charge in [-0.25, -0.2) is 14.4 Å². The Kier molecular flexibility index (Phi) is 18.7. The van der Waals surface area contributed by atoms with Crippen LogP contribution in [0.4, 0.5) is 9.59 Å². The van der Waals surface area contributed by atoms with Gasteiger partial charge < -0.3 is 41.0 Å². The van der Waals surface area contributed by atoms with E-state index in [4.69, 9.17) is 19.0 Å². The van der Waals surface area contributed by atoms with E-state index in [2.05, 4.69) is 26.8 Å². The fourth-order valence-electron chi connectivity index (χ4n) is 3.32. The molecule has 4 amide bonds. The number of carbonyl (C=O) groups excluding carboxylic acids is 6. The number of ketones is 1. The Balaban J connectivity index is 0.000000668. The second-order valence-corrected chi connectivity index (χ2v) is 8.54. The molecule has 0 spiro atoms. The second kappa shape index (κ2) is 21.3. The Labute approximate surface area is 256 Å². The van der Waals surface area contributed by atoms with Gasteiger partial charge in [-0.3, -0.25) is 14.4 Å². The van der Waals surface area contributed by atoms with E-state index in [0.29, 0.717) is 29.2 Å². The van der Waals surface area contributed by atoms with Crippen LogP contribution in [0.5, 0.6) is 11.5 Å². The summed E-state index contributed by atoms with van der Waals surface area (Å²) in [5.41, 5.74) is 10.9. The lowest BCUT2D eigenvalue weighted by molar-refractivity contribution is -0.145. The third kappa shape index (κ3) is 15.6. The number of nitrogens with one attached hydrogen (secondary N) is 2. The molecule has 2 aromatic carbocycles. The molecular weight excluding hydrogens is 576 g/mol. The number of Topliss-reactive ketones (excluding diaryl/α,β-unsaturated/α-hetero) is 1. The summed E-state index contributed by atoms with van der Waals surface area (Å²) in [6, 6.07) is 12.4. The van der Waals surface area contributed by atoms with Gasteiger partial charge in [-0.05, 0) is 69.7 Å². The fraction of sp³-hybridized carbons (Fsp3) is 0.333. The number of urea groups is 2. The molecule has 0 aromatic heterocycles. The van der Waals surface area contributed by atoms with Crippen molar-refractivity contribution in [1.29, 1.82) is 0 Å². The highest BCUT2D eigenvalue weighted by atomic mass is 16.5. The van der Waals surface area contributed by atoms with E-state index in [0.717, 1.165) is 17.6 Å². The maximum atomic E-state index is 12.1. The van der Waals surface area contributed by atoms with E-state index in [9.17, 15) is 24.0 Å². The van der Waals surface area contributed by atoms with Crippen molar-refractivity contribution in [3.63, 3.8) is 0 Å². The molecule has 1 unspecified atom stereocenters. The number of aldehydes is 1. The standard InChI is InChI=1S/C15H18N2O4.C8H8O2.C6H10O3.CH4N2O/c1-4-21-14(18)12-9(2)16-15(19)17-13(12)10-5-7-11(20-3)8-6-10;1-10-8-4-2-7(6-9)3-5-8;1-3-9-6(8)4-5(2)7;2-1(3)4/h5-8,13H,4H2,1-3H3,(H2,16,17,19);2-6H,1H3;3-4H2,1-2H3;(H4,2,3,4). The fourth-order valence-corrected chi connectivity index (χ4v) is 3.32. The zero-order chi connectivity index (χ0) is 33.7. The van der Waals surface area contributed by atoms with Crippen molar-refractivity contribution in [3.05, 3.63) is 70.9 Å². The summed E-state index contributed by atoms with van der Waals surface area (Å²) in [6.45, 7) is 7.10. The summed E-state index contributed by atoms with van der Waals surface area (Å²) in [5, 5.41) is 5.34. The SMILES string of the molecule is CCOC(=O)C1=C(C)NC(=O)NC1c1ccc(OC)cc1.CCOC(=O)CC(C)=O.COc1ccc(C=O)cc1.NC(N)=O. The number of ether oxygens (including phenoxy) is 4. The summed E-state index contributed by atoms with van der Waals surface area (Å²) in [5.74, 6) is 0.435. The molecule has 3 rings (SSSR count). The van der Waals surface area contributed by atoms with Crippen LogP contribution in [0.25, 0.3) is 0 Å². The van der Waals surface area contributed by atoms with Gasteiger partial charge in [0.25, 0.3) is 0 Å². The Morgan fingerprint density at radius 2 is 1.34 bits per heavy atom. The number of carbonyl (C=O) groups is 6. The van der Waals surface area contributed by atoms with Crippen LogP contribution >= 0.6 is 0 Å². The van der Waals surface area contributed by atoms with Crippen LogP contribution in [0.2, 0.25) is 0 Å². The summed E-state index contributed by atoms with van der Waals surface area (Å²) < 4.78 is 19.6. The van der Waals surface area contributed by atoms with Crippen molar-refractivity contribution in [1.82, 2.24) is 10.6 Å². The molecule has 14 nitrogen and oxygen atoms in total. The minimum absolute atomic E-state index is 0.103. The molecule has 0 radical (unpaired) electrons. The molecule has 6 N–H and O–H groups in total. The molecule has 1 atom stereocenters. The van der Waals surface area contributed by atoms with Gasteiger partial charge in [0, 0.05) is 11.3 Å². The Bertz CT molecular complexity index is 1270. The Hall–Kier alpha value is -5.40. The molecule has 0 saturated carbocycles. The minimum atomic E-state index is -0.833. The third-order valence-corrected chi connectivity index (χ3v) is 5.16. The van der Waals surface area contributed by atoms with Crippen LogP contribution in [0.15, 0.2) is 59.8 Å². The van der Waals surface area contributed by atoms with E-state index in [-0.39, 0.29) is 24.8 Å². The van der Waals surface area contributed by atoms with Crippen molar-refractivity contribution in [2.75, 3.05) is 27.4 Å². The highest BCUT2D eigenvalue weighted by Crippen LogP contribution is 2.28. The maximum absolute atomic E-state index is 12.1. The first-order valence-electron chi connectivity index (χ1n) is 13.2. The van der Waals surface area contributed by atoms with Gasteiger partial charge in [0.05, 0.1) is 39.0 Å². The summed E-state index contributed by atoms with van der Waals surface area (Å²) in [4.78, 5) is 63.6. The molecule has 0 bridgehead atoms. The predicted octanol–water partition coefficient (Wildman–Crippen LogP) is 2.95. The number of methoxy groups -OCH3 is 2. The van der Waals surface area contributed by atoms with E-state index in [1.807, 2.05) is 12.1 Å². The van der Waals surface area contributed by atoms with E-state index in [1.54, 1.807) is 71.4 Å². The van der Waals surface area contributed by atoms with Crippen LogP contribution in [-0.2, 0) is 23.9 Å². The number of primary amides is 2. The lowest BCUT2D eigenvalue weighted by atomic mass is 9.95. The van der Waals surface area contributed by atoms with Gasteiger partial charge in [-0.2, -0.15) is 0 Å². The van der Waals surface area contributed by atoms with Gasteiger partial charge >= 0.3 is 24.0 Å². The highest BCUT2D eigenvalue weighted by molar-refractivity contribution is 5.95. The van der Waals surface area contributed by atoms with Crippen LogP contribution in [0, 0.1) is 0 Å². The van der Waals surface area contributed by atoms with Crippen LogP contribution in [0.1, 0.15) is 56.1 Å².